The zero-order valence-corrected chi connectivity index (χ0v) is 10.9. The molecule has 1 aromatic rings. The molecule has 2 rings (SSSR count). The van der Waals surface area contributed by atoms with Gasteiger partial charge in [0.15, 0.2) is 16.6 Å². The normalized spacial score (nSPS) is 17.0. The first-order chi connectivity index (χ1) is 8.31. The van der Waals surface area contributed by atoms with Gasteiger partial charge >= 0.3 is 0 Å². The summed E-state index contributed by atoms with van der Waals surface area (Å²) in [5.74, 6) is 1.84. The van der Waals surface area contributed by atoms with Crippen LogP contribution in [0.1, 0.15) is 19.8 Å². The highest BCUT2D eigenvalue weighted by atomic mass is 32.1. The highest BCUT2D eigenvalue weighted by Gasteiger charge is 2.16. The molecule has 1 aromatic heterocycles. The van der Waals surface area contributed by atoms with Gasteiger partial charge in [-0.2, -0.15) is 4.37 Å². The molecule has 0 aromatic carbocycles. The van der Waals surface area contributed by atoms with Gasteiger partial charge in [-0.3, -0.25) is 0 Å². The maximum atomic E-state index is 5.75. The molecule has 0 spiro atoms. The Bertz CT molecular complexity index is 350. The first-order valence-electron chi connectivity index (χ1n) is 6.00. The number of nitrogens with one attached hydrogen (secondary N) is 1. The molecule has 0 aliphatic carbocycles. The lowest BCUT2D eigenvalue weighted by Gasteiger charge is -2.22. The summed E-state index contributed by atoms with van der Waals surface area (Å²) in [4.78, 5) is 0. The maximum Gasteiger partial charge on any atom is 0.197 e. The third kappa shape index (κ3) is 3.23. The standard InChI is InChI=1S/C11H19N3O2S/c1-2-16-9-10(12)14-17-11(9)13-7-8-3-5-15-6-4-8/h8,13H,2-7H2,1H3,(H2,12,14). The number of rotatable bonds is 5. The van der Waals surface area contributed by atoms with Crippen molar-refractivity contribution in [2.75, 3.05) is 37.4 Å². The maximum absolute atomic E-state index is 5.75. The van der Waals surface area contributed by atoms with Gasteiger partial charge in [0.2, 0.25) is 0 Å². The van der Waals surface area contributed by atoms with E-state index < -0.39 is 0 Å². The Labute approximate surface area is 105 Å². The monoisotopic (exact) mass is 257 g/mol. The minimum atomic E-state index is 0.478. The molecule has 1 aliphatic heterocycles. The minimum absolute atomic E-state index is 0.478. The van der Waals surface area contributed by atoms with Crippen molar-refractivity contribution in [3.63, 3.8) is 0 Å². The summed E-state index contributed by atoms with van der Waals surface area (Å²) in [6, 6.07) is 0. The molecular formula is C11H19N3O2S. The molecular weight excluding hydrogens is 238 g/mol. The molecule has 1 aliphatic rings. The van der Waals surface area contributed by atoms with Crippen molar-refractivity contribution in [3.8, 4) is 5.75 Å². The molecule has 96 valence electrons. The summed E-state index contributed by atoms with van der Waals surface area (Å²) in [6.45, 7) is 5.23. The zero-order chi connectivity index (χ0) is 12.1. The van der Waals surface area contributed by atoms with Crippen molar-refractivity contribution in [2.45, 2.75) is 19.8 Å². The first kappa shape index (κ1) is 12.4. The minimum Gasteiger partial charge on any atom is -0.487 e. The summed E-state index contributed by atoms with van der Waals surface area (Å²) in [7, 11) is 0. The lowest BCUT2D eigenvalue weighted by Crippen LogP contribution is -2.22. The van der Waals surface area contributed by atoms with Crippen molar-refractivity contribution in [2.24, 2.45) is 5.92 Å². The van der Waals surface area contributed by atoms with Gasteiger partial charge in [0, 0.05) is 19.8 Å². The van der Waals surface area contributed by atoms with Crippen LogP contribution in [0.4, 0.5) is 10.8 Å². The van der Waals surface area contributed by atoms with Crippen LogP contribution in [0.15, 0.2) is 0 Å². The Balaban J connectivity index is 1.89. The Morgan fingerprint density at radius 2 is 2.29 bits per heavy atom. The predicted molar refractivity (Wildman–Crippen MR) is 69.7 cm³/mol. The SMILES string of the molecule is CCOc1c(N)nsc1NCC1CCOCC1. The van der Waals surface area contributed by atoms with Crippen LogP contribution >= 0.6 is 11.5 Å². The van der Waals surface area contributed by atoms with Crippen molar-refractivity contribution in [1.82, 2.24) is 4.37 Å². The van der Waals surface area contributed by atoms with Gasteiger partial charge < -0.3 is 20.5 Å². The van der Waals surface area contributed by atoms with Crippen LogP contribution in [0.3, 0.4) is 0 Å². The smallest absolute Gasteiger partial charge is 0.197 e. The Kier molecular flexibility index (Phi) is 4.44. The number of hydrogen-bond acceptors (Lipinski definition) is 6. The molecule has 0 radical (unpaired) electrons. The number of nitrogens with zero attached hydrogens (tertiary/aromatic N) is 1. The van der Waals surface area contributed by atoms with Crippen LogP contribution in [0.2, 0.25) is 0 Å². The highest BCUT2D eigenvalue weighted by Crippen LogP contribution is 2.35. The van der Waals surface area contributed by atoms with E-state index in [4.69, 9.17) is 15.2 Å². The van der Waals surface area contributed by atoms with Crippen LogP contribution in [0, 0.1) is 5.92 Å². The molecule has 2 heterocycles. The van der Waals surface area contributed by atoms with E-state index in [9.17, 15) is 0 Å². The van der Waals surface area contributed by atoms with Gasteiger partial charge in [-0.05, 0) is 37.2 Å². The third-order valence-corrected chi connectivity index (χ3v) is 3.66. The predicted octanol–water partition coefficient (Wildman–Crippen LogP) is 1.96. The fourth-order valence-corrected chi connectivity index (χ4v) is 2.54. The van der Waals surface area contributed by atoms with E-state index in [-0.39, 0.29) is 0 Å². The number of aromatic nitrogens is 1. The second-order valence-corrected chi connectivity index (χ2v) is 4.87. The van der Waals surface area contributed by atoms with Crippen molar-refractivity contribution < 1.29 is 9.47 Å². The van der Waals surface area contributed by atoms with Gasteiger partial charge in [0.1, 0.15) is 0 Å². The molecule has 0 amide bonds. The number of nitrogen functional groups attached to an aromatic ring is 1. The summed E-state index contributed by atoms with van der Waals surface area (Å²) in [5.41, 5.74) is 5.75. The molecule has 0 bridgehead atoms. The van der Waals surface area contributed by atoms with Crippen molar-refractivity contribution in [1.29, 1.82) is 0 Å². The molecule has 0 saturated carbocycles. The molecule has 17 heavy (non-hydrogen) atoms. The number of ether oxygens (including phenoxy) is 2. The van der Waals surface area contributed by atoms with Gasteiger partial charge in [0.05, 0.1) is 6.61 Å². The van der Waals surface area contributed by atoms with E-state index in [0.29, 0.717) is 24.1 Å². The second kappa shape index (κ2) is 6.07. The Hall–Kier alpha value is -1.01. The lowest BCUT2D eigenvalue weighted by atomic mass is 10.0. The largest absolute Gasteiger partial charge is 0.487 e. The van der Waals surface area contributed by atoms with Crippen LogP contribution in [0.5, 0.6) is 5.75 Å². The van der Waals surface area contributed by atoms with E-state index >= 15 is 0 Å². The number of anilines is 2. The van der Waals surface area contributed by atoms with Gasteiger partial charge in [-0.25, -0.2) is 0 Å². The summed E-state index contributed by atoms with van der Waals surface area (Å²) >= 11 is 1.36. The zero-order valence-electron chi connectivity index (χ0n) is 10.1. The third-order valence-electron chi connectivity index (χ3n) is 2.85. The quantitative estimate of drug-likeness (QED) is 0.844. The average molecular weight is 257 g/mol. The fraction of sp³-hybridized carbons (Fsp3) is 0.727. The summed E-state index contributed by atoms with van der Waals surface area (Å²) < 4.78 is 14.9. The van der Waals surface area contributed by atoms with Crippen LogP contribution in [-0.2, 0) is 4.74 Å². The highest BCUT2D eigenvalue weighted by molar-refractivity contribution is 7.11. The van der Waals surface area contributed by atoms with Crippen LogP contribution in [-0.4, -0.2) is 30.7 Å². The van der Waals surface area contributed by atoms with Crippen LogP contribution < -0.4 is 15.8 Å². The second-order valence-electron chi connectivity index (χ2n) is 4.10. The van der Waals surface area contributed by atoms with Gasteiger partial charge in [0.25, 0.3) is 0 Å². The topological polar surface area (TPSA) is 69.4 Å². The molecule has 1 fully saturated rings. The van der Waals surface area contributed by atoms with E-state index in [1.54, 1.807) is 0 Å². The number of hydrogen-bond donors (Lipinski definition) is 2. The molecule has 1 saturated heterocycles. The summed E-state index contributed by atoms with van der Waals surface area (Å²) in [5, 5.41) is 4.32. The Morgan fingerprint density at radius 1 is 1.53 bits per heavy atom. The molecule has 6 heteroatoms. The van der Waals surface area contributed by atoms with E-state index in [0.717, 1.165) is 37.6 Å². The van der Waals surface area contributed by atoms with E-state index in [1.807, 2.05) is 6.92 Å². The molecule has 3 N–H and O–H groups in total. The Morgan fingerprint density at radius 3 is 3.00 bits per heavy atom. The first-order valence-corrected chi connectivity index (χ1v) is 6.78. The number of nitrogens with two attached hydrogens (primary N) is 1. The van der Waals surface area contributed by atoms with Gasteiger partial charge in [-0.1, -0.05) is 0 Å². The summed E-state index contributed by atoms with van der Waals surface area (Å²) in [6.07, 6.45) is 2.23. The average Bonchev–Trinajstić information content (AvgIpc) is 2.70. The van der Waals surface area contributed by atoms with Gasteiger partial charge in [-0.15, -0.1) is 0 Å². The molecule has 0 unspecified atom stereocenters. The molecule has 0 atom stereocenters. The van der Waals surface area contributed by atoms with E-state index in [2.05, 4.69) is 9.69 Å². The van der Waals surface area contributed by atoms with Crippen molar-refractivity contribution in [3.05, 3.63) is 0 Å². The van der Waals surface area contributed by atoms with Crippen molar-refractivity contribution >= 4 is 22.4 Å². The van der Waals surface area contributed by atoms with Crippen LogP contribution in [0.25, 0.3) is 0 Å². The fourth-order valence-electron chi connectivity index (χ4n) is 1.88. The molecule has 5 nitrogen and oxygen atoms in total. The van der Waals surface area contributed by atoms with E-state index in [1.165, 1.54) is 11.5 Å². The lowest BCUT2D eigenvalue weighted by molar-refractivity contribution is 0.0699.